The summed E-state index contributed by atoms with van der Waals surface area (Å²) in [6.07, 6.45) is 1.85. The lowest BCUT2D eigenvalue weighted by Gasteiger charge is -2.32. The predicted octanol–water partition coefficient (Wildman–Crippen LogP) is 2.72. The Bertz CT molecular complexity index is 1060. The van der Waals surface area contributed by atoms with Gasteiger partial charge >= 0.3 is 6.03 Å². The number of nitrogens with one attached hydrogen (secondary N) is 1. The highest BCUT2D eigenvalue weighted by Gasteiger charge is 2.52. The van der Waals surface area contributed by atoms with E-state index in [1.54, 1.807) is 0 Å². The number of hydrogen-bond donors (Lipinski definition) is 1. The molecule has 3 amide bonds. The third-order valence-electron chi connectivity index (χ3n) is 5.47. The first-order valence-corrected chi connectivity index (χ1v) is 9.24. The molecule has 0 saturated carbocycles. The van der Waals surface area contributed by atoms with E-state index < -0.39 is 11.6 Å². The fourth-order valence-electron chi connectivity index (χ4n) is 4.00. The molecule has 1 unspecified atom stereocenters. The molecule has 2 aromatic carbocycles. The van der Waals surface area contributed by atoms with Crippen LogP contribution in [0.4, 0.5) is 4.79 Å². The molecular weight excluding hydrogens is 356 g/mol. The van der Waals surface area contributed by atoms with Gasteiger partial charge in [-0.1, -0.05) is 59.8 Å². The van der Waals surface area contributed by atoms with Crippen LogP contribution >= 0.6 is 0 Å². The summed E-state index contributed by atoms with van der Waals surface area (Å²) >= 11 is 0. The molecule has 1 saturated heterocycles. The Morgan fingerprint density at radius 1 is 1.04 bits per heavy atom. The average Bonchev–Trinajstić information content (AvgIpc) is 3.28. The van der Waals surface area contributed by atoms with Crippen LogP contribution in [0.3, 0.4) is 0 Å². The summed E-state index contributed by atoms with van der Waals surface area (Å²) in [6.45, 7) is -0.0338. The minimum Gasteiger partial charge on any atom is -0.337 e. The van der Waals surface area contributed by atoms with Crippen molar-refractivity contribution in [2.45, 2.75) is 31.3 Å². The van der Waals surface area contributed by atoms with Crippen molar-refractivity contribution in [3.8, 4) is 11.4 Å². The maximum absolute atomic E-state index is 13.1. The number of amides is 3. The van der Waals surface area contributed by atoms with Gasteiger partial charge in [-0.15, -0.1) is 0 Å². The third-order valence-corrected chi connectivity index (χ3v) is 5.47. The number of hydrogen-bond acceptors (Lipinski definition) is 5. The molecule has 1 fully saturated rings. The average molecular weight is 374 g/mol. The maximum Gasteiger partial charge on any atom is 0.325 e. The minimum absolute atomic E-state index is 0.0338. The maximum atomic E-state index is 13.1. The molecule has 140 valence electrons. The number of carbonyl (C=O) groups is 2. The second kappa shape index (κ2) is 6.30. The smallest absolute Gasteiger partial charge is 0.325 e. The monoisotopic (exact) mass is 374 g/mol. The molecule has 28 heavy (non-hydrogen) atoms. The third kappa shape index (κ3) is 2.67. The second-order valence-corrected chi connectivity index (χ2v) is 7.23. The van der Waals surface area contributed by atoms with Crippen LogP contribution in [-0.4, -0.2) is 32.5 Å². The van der Waals surface area contributed by atoms with Gasteiger partial charge in [0.15, 0.2) is 0 Å². The van der Waals surface area contributed by atoms with Crippen LogP contribution in [0.25, 0.3) is 11.4 Å². The van der Waals surface area contributed by atoms with E-state index in [1.807, 2.05) is 48.5 Å². The first-order valence-electron chi connectivity index (χ1n) is 9.24. The van der Waals surface area contributed by atoms with Crippen molar-refractivity contribution in [3.05, 3.63) is 71.6 Å². The molecule has 2 heterocycles. The van der Waals surface area contributed by atoms with Crippen molar-refractivity contribution in [3.63, 3.8) is 0 Å². The van der Waals surface area contributed by atoms with E-state index in [-0.39, 0.29) is 18.3 Å². The van der Waals surface area contributed by atoms with Gasteiger partial charge in [0.05, 0.1) is 0 Å². The summed E-state index contributed by atoms with van der Waals surface area (Å²) in [5.41, 5.74) is 2.27. The number of aryl methyl sites for hydroxylation is 1. The number of urea groups is 1. The van der Waals surface area contributed by atoms with Crippen molar-refractivity contribution in [2.75, 3.05) is 0 Å². The van der Waals surface area contributed by atoms with E-state index >= 15 is 0 Å². The summed E-state index contributed by atoms with van der Waals surface area (Å²) in [7, 11) is 0. The Kier molecular flexibility index (Phi) is 3.75. The highest BCUT2D eigenvalue weighted by molar-refractivity contribution is 6.07. The SMILES string of the molecule is O=C1NC2(CCc3ccccc3C2)C(=O)N1Cc1nc(-c2ccccc2)no1. The highest BCUT2D eigenvalue weighted by atomic mass is 16.5. The van der Waals surface area contributed by atoms with E-state index in [0.717, 1.165) is 17.5 Å². The number of imide groups is 1. The van der Waals surface area contributed by atoms with Crippen molar-refractivity contribution in [2.24, 2.45) is 0 Å². The lowest BCUT2D eigenvalue weighted by Crippen LogP contribution is -2.51. The summed E-state index contributed by atoms with van der Waals surface area (Å²) in [5, 5.41) is 6.87. The number of nitrogens with zero attached hydrogens (tertiary/aromatic N) is 3. The zero-order chi connectivity index (χ0) is 19.1. The zero-order valence-corrected chi connectivity index (χ0v) is 15.1. The molecule has 7 nitrogen and oxygen atoms in total. The van der Waals surface area contributed by atoms with Crippen molar-refractivity contribution in [1.29, 1.82) is 0 Å². The van der Waals surface area contributed by atoms with Crippen LogP contribution in [0, 0.1) is 0 Å². The lowest BCUT2D eigenvalue weighted by atomic mass is 9.78. The largest absolute Gasteiger partial charge is 0.337 e. The molecule has 7 heteroatoms. The van der Waals surface area contributed by atoms with Crippen LogP contribution in [0.5, 0.6) is 0 Å². The number of aromatic nitrogens is 2. The van der Waals surface area contributed by atoms with Crippen molar-refractivity contribution in [1.82, 2.24) is 20.4 Å². The molecule has 2 aliphatic rings. The molecular formula is C21H18N4O3. The number of benzene rings is 2. The first kappa shape index (κ1) is 16.7. The van der Waals surface area contributed by atoms with Gasteiger partial charge in [-0.3, -0.25) is 9.69 Å². The Morgan fingerprint density at radius 3 is 2.61 bits per heavy atom. The Morgan fingerprint density at radius 2 is 1.79 bits per heavy atom. The molecule has 1 aliphatic heterocycles. The summed E-state index contributed by atoms with van der Waals surface area (Å²) in [5.74, 6) is 0.436. The molecule has 1 aromatic heterocycles. The van der Waals surface area contributed by atoms with E-state index in [0.29, 0.717) is 18.7 Å². The molecule has 1 N–H and O–H groups in total. The summed E-state index contributed by atoms with van der Waals surface area (Å²) in [6, 6.07) is 17.0. The lowest BCUT2D eigenvalue weighted by molar-refractivity contribution is -0.132. The highest BCUT2D eigenvalue weighted by Crippen LogP contribution is 2.34. The molecule has 0 bridgehead atoms. The van der Waals surface area contributed by atoms with Gasteiger partial charge in [-0.2, -0.15) is 4.98 Å². The molecule has 3 aromatic rings. The number of fused-ring (bicyclic) bond motifs is 1. The van der Waals surface area contributed by atoms with Crippen molar-refractivity contribution < 1.29 is 14.1 Å². The van der Waals surface area contributed by atoms with Crippen molar-refractivity contribution >= 4 is 11.9 Å². The molecule has 1 atom stereocenters. The standard InChI is InChI=1S/C21H18N4O3/c26-19-21(11-10-14-6-4-5-9-16(14)12-21)23-20(27)25(19)13-17-22-18(24-28-17)15-7-2-1-3-8-15/h1-9H,10-13H2,(H,23,27). The normalized spacial score (nSPS) is 21.1. The summed E-state index contributed by atoms with van der Waals surface area (Å²) < 4.78 is 5.27. The van der Waals surface area contributed by atoms with Crippen LogP contribution < -0.4 is 5.32 Å². The number of carbonyl (C=O) groups excluding carboxylic acids is 2. The topological polar surface area (TPSA) is 88.3 Å². The fourth-order valence-corrected chi connectivity index (χ4v) is 4.00. The van der Waals surface area contributed by atoms with Gasteiger partial charge in [0.1, 0.15) is 12.1 Å². The molecule has 1 spiro atoms. The minimum atomic E-state index is -0.881. The van der Waals surface area contributed by atoms with E-state index in [9.17, 15) is 9.59 Å². The van der Waals surface area contributed by atoms with Crippen LogP contribution in [-0.2, 0) is 24.2 Å². The van der Waals surface area contributed by atoms with Crippen LogP contribution in [0.2, 0.25) is 0 Å². The van der Waals surface area contributed by atoms with Crippen LogP contribution in [0.1, 0.15) is 23.4 Å². The van der Waals surface area contributed by atoms with Gasteiger partial charge in [0.25, 0.3) is 5.91 Å². The van der Waals surface area contributed by atoms with Gasteiger partial charge < -0.3 is 9.84 Å². The molecule has 1 aliphatic carbocycles. The van der Waals surface area contributed by atoms with E-state index in [1.165, 1.54) is 10.5 Å². The Balaban J connectivity index is 1.37. The van der Waals surface area contributed by atoms with E-state index in [4.69, 9.17) is 4.52 Å². The second-order valence-electron chi connectivity index (χ2n) is 7.23. The Labute approximate surface area is 161 Å². The molecule has 5 rings (SSSR count). The van der Waals surface area contributed by atoms with Gasteiger partial charge in [-0.05, 0) is 24.0 Å². The first-order chi connectivity index (χ1) is 13.6. The quantitative estimate of drug-likeness (QED) is 0.712. The van der Waals surface area contributed by atoms with Crippen LogP contribution in [0.15, 0.2) is 59.1 Å². The molecule has 0 radical (unpaired) electrons. The zero-order valence-electron chi connectivity index (χ0n) is 15.1. The number of rotatable bonds is 3. The van der Waals surface area contributed by atoms with Gasteiger partial charge in [-0.25, -0.2) is 4.79 Å². The fraction of sp³-hybridized carbons (Fsp3) is 0.238. The predicted molar refractivity (Wildman–Crippen MR) is 100 cm³/mol. The summed E-state index contributed by atoms with van der Waals surface area (Å²) in [4.78, 5) is 31.2. The van der Waals surface area contributed by atoms with E-state index in [2.05, 4.69) is 21.5 Å². The van der Waals surface area contributed by atoms with Gasteiger partial charge in [0.2, 0.25) is 11.7 Å². The van der Waals surface area contributed by atoms with Gasteiger partial charge in [0, 0.05) is 12.0 Å². The Hall–Kier alpha value is -3.48.